The molecule has 6 nitrogen and oxygen atoms in total. The van der Waals surface area contributed by atoms with Gasteiger partial charge < -0.3 is 20.7 Å². The number of halogens is 1. The van der Waals surface area contributed by atoms with Gasteiger partial charge in [0.2, 0.25) is 0 Å². The zero-order valence-corrected chi connectivity index (χ0v) is 19.8. The van der Waals surface area contributed by atoms with E-state index in [9.17, 15) is 4.79 Å². The number of carbonyl (C=O) groups is 1. The van der Waals surface area contributed by atoms with Gasteiger partial charge in [-0.05, 0) is 56.2 Å². The molecule has 1 unspecified atom stereocenters. The first kappa shape index (κ1) is 24.7. The molecule has 1 atom stereocenters. The molecule has 0 aliphatic carbocycles. The van der Waals surface area contributed by atoms with Crippen molar-refractivity contribution in [1.29, 1.82) is 0 Å². The van der Waals surface area contributed by atoms with Crippen molar-refractivity contribution < 1.29 is 9.53 Å². The van der Waals surface area contributed by atoms with E-state index in [0.29, 0.717) is 18.7 Å². The summed E-state index contributed by atoms with van der Waals surface area (Å²) >= 11 is 0. The van der Waals surface area contributed by atoms with Gasteiger partial charge in [0, 0.05) is 19.2 Å². The Bertz CT molecular complexity index is 794. The lowest BCUT2D eigenvalue weighted by molar-refractivity contribution is 0.0963. The molecule has 158 valence electrons. The van der Waals surface area contributed by atoms with E-state index in [-0.39, 0.29) is 36.0 Å². The molecule has 2 aromatic rings. The van der Waals surface area contributed by atoms with Crippen LogP contribution in [-0.2, 0) is 6.54 Å². The Hall–Kier alpha value is -2.29. The predicted octanol–water partition coefficient (Wildman–Crippen LogP) is 3.50. The minimum absolute atomic E-state index is 0. The SMILES string of the molecule is CCNC(=NCc1ccc(C(=O)NC)cc1)NCC(C)Oc1cccc(C)c1.I. The Labute approximate surface area is 190 Å². The molecule has 3 N–H and O–H groups in total. The van der Waals surface area contributed by atoms with Crippen LogP contribution in [0.25, 0.3) is 0 Å². The second-order valence-electron chi connectivity index (χ2n) is 6.60. The van der Waals surface area contributed by atoms with E-state index in [1.807, 2.05) is 69.3 Å². The Balaban J connectivity index is 0.00000420. The monoisotopic (exact) mass is 510 g/mol. The first-order chi connectivity index (χ1) is 13.5. The van der Waals surface area contributed by atoms with Crippen molar-refractivity contribution in [2.75, 3.05) is 20.1 Å². The van der Waals surface area contributed by atoms with Crippen LogP contribution in [-0.4, -0.2) is 38.1 Å². The third kappa shape index (κ3) is 8.72. The number of aliphatic imine (C=N–C) groups is 1. The van der Waals surface area contributed by atoms with Gasteiger partial charge in [-0.1, -0.05) is 24.3 Å². The lowest BCUT2D eigenvalue weighted by Gasteiger charge is -2.18. The van der Waals surface area contributed by atoms with Gasteiger partial charge in [0.15, 0.2) is 5.96 Å². The molecule has 7 heteroatoms. The van der Waals surface area contributed by atoms with Crippen LogP contribution in [0.4, 0.5) is 0 Å². The van der Waals surface area contributed by atoms with Crippen LogP contribution in [0, 0.1) is 6.92 Å². The molecule has 0 bridgehead atoms. The van der Waals surface area contributed by atoms with Crippen molar-refractivity contribution in [1.82, 2.24) is 16.0 Å². The fourth-order valence-corrected chi connectivity index (χ4v) is 2.62. The summed E-state index contributed by atoms with van der Waals surface area (Å²) in [5, 5.41) is 9.17. The maximum Gasteiger partial charge on any atom is 0.251 e. The summed E-state index contributed by atoms with van der Waals surface area (Å²) in [6.45, 7) is 8.03. The smallest absolute Gasteiger partial charge is 0.251 e. The first-order valence-electron chi connectivity index (χ1n) is 9.58. The zero-order chi connectivity index (χ0) is 20.4. The molecule has 0 saturated carbocycles. The minimum Gasteiger partial charge on any atom is -0.489 e. The molecule has 2 rings (SSSR count). The van der Waals surface area contributed by atoms with Crippen molar-refractivity contribution in [3.05, 3.63) is 65.2 Å². The zero-order valence-electron chi connectivity index (χ0n) is 17.5. The van der Waals surface area contributed by atoms with E-state index in [4.69, 9.17) is 4.74 Å². The number of nitrogens with zero attached hydrogens (tertiary/aromatic N) is 1. The van der Waals surface area contributed by atoms with Gasteiger partial charge in [-0.15, -0.1) is 24.0 Å². The number of hydrogen-bond acceptors (Lipinski definition) is 3. The van der Waals surface area contributed by atoms with Gasteiger partial charge in [0.05, 0.1) is 13.1 Å². The normalized spacial score (nSPS) is 11.8. The number of ether oxygens (including phenoxy) is 1. The molecular weight excluding hydrogens is 479 g/mol. The second kappa shape index (κ2) is 13.0. The predicted molar refractivity (Wildman–Crippen MR) is 129 cm³/mol. The molecule has 0 aliphatic rings. The Kier molecular flexibility index (Phi) is 11.1. The van der Waals surface area contributed by atoms with Gasteiger partial charge in [-0.2, -0.15) is 0 Å². The fraction of sp³-hybridized carbons (Fsp3) is 0.364. The summed E-state index contributed by atoms with van der Waals surface area (Å²) < 4.78 is 5.95. The highest BCUT2D eigenvalue weighted by Gasteiger charge is 2.06. The lowest BCUT2D eigenvalue weighted by atomic mass is 10.1. The Morgan fingerprint density at radius 1 is 1.14 bits per heavy atom. The largest absolute Gasteiger partial charge is 0.489 e. The van der Waals surface area contributed by atoms with Crippen LogP contribution in [0.2, 0.25) is 0 Å². The highest BCUT2D eigenvalue weighted by molar-refractivity contribution is 14.0. The van der Waals surface area contributed by atoms with Crippen LogP contribution >= 0.6 is 24.0 Å². The van der Waals surface area contributed by atoms with Gasteiger partial charge in [0.25, 0.3) is 5.91 Å². The number of rotatable bonds is 8. The standard InChI is InChI=1S/C22H30N4O2.HI/c1-5-24-22(25-14-17(3)28-20-8-6-7-16(2)13-20)26-15-18-9-11-19(12-10-18)21(27)23-4;/h6-13,17H,5,14-15H2,1-4H3,(H,23,27)(H2,24,25,26);1H. The van der Waals surface area contributed by atoms with E-state index in [0.717, 1.165) is 23.8 Å². The fourth-order valence-electron chi connectivity index (χ4n) is 2.62. The molecule has 0 aliphatic heterocycles. The Morgan fingerprint density at radius 3 is 2.48 bits per heavy atom. The van der Waals surface area contributed by atoms with E-state index in [1.165, 1.54) is 5.56 Å². The molecule has 2 aromatic carbocycles. The van der Waals surface area contributed by atoms with Crippen molar-refractivity contribution in [3.8, 4) is 5.75 Å². The van der Waals surface area contributed by atoms with Crippen LogP contribution in [0.15, 0.2) is 53.5 Å². The molecule has 29 heavy (non-hydrogen) atoms. The summed E-state index contributed by atoms with van der Waals surface area (Å²) in [5.41, 5.74) is 2.85. The van der Waals surface area contributed by atoms with E-state index in [1.54, 1.807) is 7.05 Å². The first-order valence-corrected chi connectivity index (χ1v) is 9.58. The number of benzene rings is 2. The highest BCUT2D eigenvalue weighted by atomic mass is 127. The number of hydrogen-bond donors (Lipinski definition) is 3. The van der Waals surface area contributed by atoms with Gasteiger partial charge in [-0.3, -0.25) is 4.79 Å². The minimum atomic E-state index is -0.0901. The van der Waals surface area contributed by atoms with Crippen molar-refractivity contribution in [3.63, 3.8) is 0 Å². The van der Waals surface area contributed by atoms with Gasteiger partial charge >= 0.3 is 0 Å². The molecule has 1 amide bonds. The molecule has 0 heterocycles. The molecule has 0 fully saturated rings. The van der Waals surface area contributed by atoms with Crippen LogP contribution in [0.5, 0.6) is 5.75 Å². The average Bonchev–Trinajstić information content (AvgIpc) is 2.70. The summed E-state index contributed by atoms with van der Waals surface area (Å²) in [6.07, 6.45) is -0.00232. The van der Waals surface area contributed by atoms with Crippen molar-refractivity contribution in [2.24, 2.45) is 4.99 Å². The molecule has 0 radical (unpaired) electrons. The van der Waals surface area contributed by atoms with Crippen molar-refractivity contribution >= 4 is 35.8 Å². The topological polar surface area (TPSA) is 74.8 Å². The third-order valence-electron chi connectivity index (χ3n) is 4.09. The number of carbonyl (C=O) groups excluding carboxylic acids is 1. The number of aryl methyl sites for hydroxylation is 1. The summed E-state index contributed by atoms with van der Waals surface area (Å²) in [4.78, 5) is 16.2. The van der Waals surface area contributed by atoms with E-state index < -0.39 is 0 Å². The quantitative estimate of drug-likeness (QED) is 0.289. The number of amides is 1. The van der Waals surface area contributed by atoms with Gasteiger partial charge in [0.1, 0.15) is 11.9 Å². The lowest BCUT2D eigenvalue weighted by Crippen LogP contribution is -2.41. The van der Waals surface area contributed by atoms with Crippen LogP contribution in [0.3, 0.4) is 0 Å². The molecule has 0 aromatic heterocycles. The maximum atomic E-state index is 11.6. The summed E-state index contributed by atoms with van der Waals surface area (Å²) in [6, 6.07) is 15.5. The average molecular weight is 510 g/mol. The number of nitrogens with one attached hydrogen (secondary N) is 3. The highest BCUT2D eigenvalue weighted by Crippen LogP contribution is 2.13. The maximum absolute atomic E-state index is 11.6. The number of guanidine groups is 1. The second-order valence-corrected chi connectivity index (χ2v) is 6.60. The molecule has 0 saturated heterocycles. The van der Waals surface area contributed by atoms with Gasteiger partial charge in [-0.25, -0.2) is 4.99 Å². The summed E-state index contributed by atoms with van der Waals surface area (Å²) in [7, 11) is 1.62. The Morgan fingerprint density at radius 2 is 1.86 bits per heavy atom. The van der Waals surface area contributed by atoms with E-state index >= 15 is 0 Å². The van der Waals surface area contributed by atoms with Crippen LogP contribution in [0.1, 0.15) is 35.3 Å². The molecular formula is C22H31IN4O2. The summed E-state index contributed by atoms with van der Waals surface area (Å²) in [5.74, 6) is 1.51. The van der Waals surface area contributed by atoms with Crippen LogP contribution < -0.4 is 20.7 Å². The van der Waals surface area contributed by atoms with Crippen molar-refractivity contribution in [2.45, 2.75) is 33.4 Å². The molecule has 0 spiro atoms. The van der Waals surface area contributed by atoms with E-state index in [2.05, 4.69) is 20.9 Å². The third-order valence-corrected chi connectivity index (χ3v) is 4.09.